The zero-order valence-corrected chi connectivity index (χ0v) is 16.7. The number of nitrogens with zero attached hydrogens (tertiary/aromatic N) is 3. The van der Waals surface area contributed by atoms with Gasteiger partial charge in [0.15, 0.2) is 11.4 Å². The number of aryl methyl sites for hydroxylation is 1. The summed E-state index contributed by atoms with van der Waals surface area (Å²) in [5, 5.41) is 7.82. The number of carbonyl (C=O) groups excluding carboxylic acids is 1. The van der Waals surface area contributed by atoms with Crippen molar-refractivity contribution in [2.75, 3.05) is 0 Å². The van der Waals surface area contributed by atoms with Crippen molar-refractivity contribution in [3.05, 3.63) is 70.6 Å². The Morgan fingerprint density at radius 1 is 1.27 bits per heavy atom. The molecule has 0 aliphatic carbocycles. The Morgan fingerprint density at radius 3 is 2.77 bits per heavy atom. The molecule has 1 amide bonds. The molecule has 0 saturated heterocycles. The largest absolute Gasteiger partial charge is 0.463 e. The molecule has 0 spiro atoms. The second-order valence-electron chi connectivity index (χ2n) is 6.68. The Kier molecular flexibility index (Phi) is 5.50. The van der Waals surface area contributed by atoms with Gasteiger partial charge in [-0.25, -0.2) is 18.4 Å². The van der Waals surface area contributed by atoms with E-state index in [2.05, 4.69) is 15.4 Å². The summed E-state index contributed by atoms with van der Waals surface area (Å²) in [4.78, 5) is 16.9. The van der Waals surface area contributed by atoms with Crippen LogP contribution in [0, 0.1) is 6.92 Å². The molecule has 9 heteroatoms. The van der Waals surface area contributed by atoms with Crippen molar-refractivity contribution in [2.24, 2.45) is 0 Å². The number of furan rings is 1. The minimum atomic E-state index is -2.73. The SMILES string of the molecule is Cc1nn(CC(=O)NCc2ccccc2Cl)c2nc(-c3ccco3)cc(C(F)F)c12. The van der Waals surface area contributed by atoms with Gasteiger partial charge in [0.05, 0.1) is 17.3 Å². The Morgan fingerprint density at radius 2 is 2.07 bits per heavy atom. The summed E-state index contributed by atoms with van der Waals surface area (Å²) in [5.41, 5.74) is 1.39. The van der Waals surface area contributed by atoms with Gasteiger partial charge in [-0.2, -0.15) is 5.10 Å². The summed E-state index contributed by atoms with van der Waals surface area (Å²) in [6.45, 7) is 1.68. The van der Waals surface area contributed by atoms with Crippen LogP contribution >= 0.6 is 11.6 Å². The maximum atomic E-state index is 13.7. The molecule has 30 heavy (non-hydrogen) atoms. The molecular formula is C21H17ClF2N4O2. The van der Waals surface area contributed by atoms with Gasteiger partial charge in [-0.05, 0) is 36.8 Å². The zero-order valence-electron chi connectivity index (χ0n) is 15.9. The number of fused-ring (bicyclic) bond motifs is 1. The number of halogens is 3. The van der Waals surface area contributed by atoms with Gasteiger partial charge in [-0.3, -0.25) is 4.79 Å². The third-order valence-corrected chi connectivity index (χ3v) is 5.01. The Balaban J connectivity index is 1.65. The van der Waals surface area contributed by atoms with Gasteiger partial charge in [-0.15, -0.1) is 0 Å². The van der Waals surface area contributed by atoms with Crippen molar-refractivity contribution < 1.29 is 18.0 Å². The fourth-order valence-electron chi connectivity index (χ4n) is 3.25. The first kappa shape index (κ1) is 20.0. The monoisotopic (exact) mass is 430 g/mol. The van der Waals surface area contributed by atoms with Crippen molar-refractivity contribution in [2.45, 2.75) is 26.4 Å². The van der Waals surface area contributed by atoms with E-state index in [1.165, 1.54) is 17.0 Å². The minimum Gasteiger partial charge on any atom is -0.463 e. The van der Waals surface area contributed by atoms with E-state index in [0.717, 1.165) is 5.56 Å². The van der Waals surface area contributed by atoms with Crippen molar-refractivity contribution in [1.29, 1.82) is 0 Å². The molecule has 3 aromatic heterocycles. The second-order valence-corrected chi connectivity index (χ2v) is 7.09. The number of amides is 1. The van der Waals surface area contributed by atoms with Crippen LogP contribution in [0.2, 0.25) is 5.02 Å². The normalized spacial score (nSPS) is 11.4. The molecule has 0 aliphatic rings. The van der Waals surface area contributed by atoms with Gasteiger partial charge in [0.1, 0.15) is 12.2 Å². The van der Waals surface area contributed by atoms with E-state index in [0.29, 0.717) is 16.5 Å². The predicted molar refractivity (Wildman–Crippen MR) is 108 cm³/mol. The van der Waals surface area contributed by atoms with Crippen LogP contribution < -0.4 is 5.32 Å². The van der Waals surface area contributed by atoms with E-state index in [1.54, 1.807) is 31.2 Å². The average Bonchev–Trinajstić information content (AvgIpc) is 3.36. The molecule has 1 aromatic carbocycles. The number of rotatable bonds is 6. The molecular weight excluding hydrogens is 414 g/mol. The van der Waals surface area contributed by atoms with Crippen LogP contribution in [-0.2, 0) is 17.9 Å². The first-order chi connectivity index (χ1) is 14.4. The van der Waals surface area contributed by atoms with Gasteiger partial charge in [-0.1, -0.05) is 29.8 Å². The number of pyridine rings is 1. The van der Waals surface area contributed by atoms with Gasteiger partial charge >= 0.3 is 0 Å². The average molecular weight is 431 g/mol. The molecule has 0 saturated carbocycles. The lowest BCUT2D eigenvalue weighted by molar-refractivity contribution is -0.121. The number of benzene rings is 1. The highest BCUT2D eigenvalue weighted by Crippen LogP contribution is 2.33. The zero-order chi connectivity index (χ0) is 21.3. The summed E-state index contributed by atoms with van der Waals surface area (Å²) in [6, 6.07) is 11.7. The van der Waals surface area contributed by atoms with E-state index < -0.39 is 6.43 Å². The fraction of sp³-hybridized carbons (Fsp3) is 0.190. The molecule has 0 radical (unpaired) electrons. The topological polar surface area (TPSA) is 73.0 Å². The standard InChI is InChI=1S/C21H17ClF2N4O2/c1-12-19-14(20(23)24)9-16(17-7-4-8-30-17)26-21(19)28(27-12)11-18(29)25-10-13-5-2-3-6-15(13)22/h2-9,20H,10-11H2,1H3,(H,25,29). The lowest BCUT2D eigenvalue weighted by Gasteiger charge is -2.09. The summed E-state index contributed by atoms with van der Waals surface area (Å²) in [6.07, 6.45) is -1.29. The number of nitrogens with one attached hydrogen (secondary N) is 1. The third kappa shape index (κ3) is 3.91. The number of hydrogen-bond donors (Lipinski definition) is 1. The molecule has 0 unspecified atom stereocenters. The highest BCUT2D eigenvalue weighted by Gasteiger charge is 2.22. The molecule has 4 aromatic rings. The third-order valence-electron chi connectivity index (χ3n) is 4.64. The number of alkyl halides is 2. The molecule has 3 heterocycles. The molecule has 4 rings (SSSR count). The predicted octanol–water partition coefficient (Wildman–Crippen LogP) is 4.91. The smallest absolute Gasteiger partial charge is 0.264 e. The molecule has 6 nitrogen and oxygen atoms in total. The highest BCUT2D eigenvalue weighted by molar-refractivity contribution is 6.31. The Labute approximate surface area is 175 Å². The molecule has 1 N–H and O–H groups in total. The van der Waals surface area contributed by atoms with Gasteiger partial charge in [0, 0.05) is 17.1 Å². The molecule has 154 valence electrons. The van der Waals surface area contributed by atoms with Crippen molar-refractivity contribution in [1.82, 2.24) is 20.1 Å². The van der Waals surface area contributed by atoms with E-state index in [-0.39, 0.29) is 41.3 Å². The summed E-state index contributed by atoms with van der Waals surface area (Å²) in [7, 11) is 0. The quantitative estimate of drug-likeness (QED) is 0.472. The lowest BCUT2D eigenvalue weighted by atomic mass is 10.1. The maximum absolute atomic E-state index is 13.7. The molecule has 0 aliphatic heterocycles. The Bertz CT molecular complexity index is 1210. The van der Waals surface area contributed by atoms with Crippen LogP contribution in [0.3, 0.4) is 0 Å². The Hall–Kier alpha value is -3.26. The number of aromatic nitrogens is 3. The van der Waals surface area contributed by atoms with Crippen LogP contribution in [0.4, 0.5) is 8.78 Å². The summed E-state index contributed by atoms with van der Waals surface area (Å²) >= 11 is 6.10. The van der Waals surface area contributed by atoms with E-state index >= 15 is 0 Å². The van der Waals surface area contributed by atoms with Crippen LogP contribution in [0.15, 0.2) is 53.1 Å². The molecule has 0 fully saturated rings. The maximum Gasteiger partial charge on any atom is 0.264 e. The molecule has 0 bridgehead atoms. The van der Waals surface area contributed by atoms with E-state index in [9.17, 15) is 13.6 Å². The first-order valence-electron chi connectivity index (χ1n) is 9.14. The summed E-state index contributed by atoms with van der Waals surface area (Å²) in [5.74, 6) is 0.00972. The van der Waals surface area contributed by atoms with Gasteiger partial charge in [0.25, 0.3) is 6.43 Å². The van der Waals surface area contributed by atoms with Crippen LogP contribution in [0.1, 0.15) is 23.2 Å². The molecule has 0 atom stereocenters. The van der Waals surface area contributed by atoms with Gasteiger partial charge in [0.2, 0.25) is 5.91 Å². The lowest BCUT2D eigenvalue weighted by Crippen LogP contribution is -2.27. The van der Waals surface area contributed by atoms with Crippen LogP contribution in [-0.4, -0.2) is 20.7 Å². The minimum absolute atomic E-state index is 0.175. The summed E-state index contributed by atoms with van der Waals surface area (Å²) < 4.78 is 34.1. The van der Waals surface area contributed by atoms with Crippen molar-refractivity contribution in [3.63, 3.8) is 0 Å². The number of hydrogen-bond acceptors (Lipinski definition) is 4. The van der Waals surface area contributed by atoms with Crippen molar-refractivity contribution >= 4 is 28.5 Å². The fourth-order valence-corrected chi connectivity index (χ4v) is 3.45. The highest BCUT2D eigenvalue weighted by atomic mass is 35.5. The van der Waals surface area contributed by atoms with Crippen molar-refractivity contribution in [3.8, 4) is 11.5 Å². The number of carbonyl (C=O) groups is 1. The van der Waals surface area contributed by atoms with Gasteiger partial charge < -0.3 is 9.73 Å². The second kappa shape index (κ2) is 8.23. The van der Waals surface area contributed by atoms with Crippen LogP contribution in [0.25, 0.3) is 22.5 Å². The first-order valence-corrected chi connectivity index (χ1v) is 9.52. The van der Waals surface area contributed by atoms with Crippen LogP contribution in [0.5, 0.6) is 0 Å². The van der Waals surface area contributed by atoms with E-state index in [1.807, 2.05) is 12.1 Å². The van der Waals surface area contributed by atoms with E-state index in [4.69, 9.17) is 16.0 Å².